The molecule has 154 valence electrons. The van der Waals surface area contributed by atoms with Crippen molar-refractivity contribution in [2.45, 2.75) is 64.7 Å². The molecule has 4 heteroatoms. The highest BCUT2D eigenvalue weighted by Gasteiger charge is 2.29. The Balaban J connectivity index is 1.52. The molecule has 0 heterocycles. The van der Waals surface area contributed by atoms with Gasteiger partial charge in [0.25, 0.3) is 0 Å². The highest BCUT2D eigenvalue weighted by Crippen LogP contribution is 2.39. The van der Waals surface area contributed by atoms with Gasteiger partial charge in [-0.3, -0.25) is 0 Å². The van der Waals surface area contributed by atoms with Gasteiger partial charge in [0, 0.05) is 16.7 Å². The second-order valence-corrected chi connectivity index (χ2v) is 7.69. The molecule has 0 radical (unpaired) electrons. The molecule has 1 aliphatic carbocycles. The molecule has 0 aliphatic heterocycles. The average Bonchev–Trinajstić information content (AvgIpc) is 3.08. The van der Waals surface area contributed by atoms with E-state index in [1.807, 2.05) is 36.4 Å². The van der Waals surface area contributed by atoms with Gasteiger partial charge in [-0.05, 0) is 18.1 Å². The molecule has 0 saturated carbocycles. The van der Waals surface area contributed by atoms with E-state index in [1.54, 1.807) is 6.07 Å². The Hall–Kier alpha value is -2.62. The summed E-state index contributed by atoms with van der Waals surface area (Å²) >= 11 is 0. The van der Waals surface area contributed by atoms with Crippen LogP contribution >= 0.6 is 0 Å². The summed E-state index contributed by atoms with van der Waals surface area (Å²) in [7, 11) is 0. The van der Waals surface area contributed by atoms with Crippen molar-refractivity contribution in [2.24, 2.45) is 5.16 Å². The number of benzene rings is 2. The number of oxime groups is 1. The van der Waals surface area contributed by atoms with Crippen molar-refractivity contribution >= 4 is 11.7 Å². The molecule has 0 saturated heterocycles. The number of hydrogen-bond donors (Lipinski definition) is 1. The maximum atomic E-state index is 12.7. The van der Waals surface area contributed by atoms with Crippen molar-refractivity contribution < 1.29 is 14.7 Å². The van der Waals surface area contributed by atoms with Crippen LogP contribution in [0.15, 0.2) is 47.6 Å². The van der Waals surface area contributed by atoms with E-state index in [0.717, 1.165) is 35.1 Å². The molecule has 2 aromatic carbocycles. The van der Waals surface area contributed by atoms with Gasteiger partial charge in [0.1, 0.15) is 5.71 Å². The zero-order valence-electron chi connectivity index (χ0n) is 17.3. The van der Waals surface area contributed by atoms with Crippen molar-refractivity contribution in [1.82, 2.24) is 0 Å². The van der Waals surface area contributed by atoms with Crippen molar-refractivity contribution in [2.75, 3.05) is 6.61 Å². The fourth-order valence-corrected chi connectivity index (χ4v) is 4.03. The first kappa shape index (κ1) is 21.1. The fraction of sp³-hybridized carbons (Fsp3) is 0.440. The predicted molar refractivity (Wildman–Crippen MR) is 117 cm³/mol. The van der Waals surface area contributed by atoms with Crippen LogP contribution < -0.4 is 0 Å². The van der Waals surface area contributed by atoms with Crippen LogP contribution in [0.5, 0.6) is 0 Å². The third kappa shape index (κ3) is 5.06. The van der Waals surface area contributed by atoms with E-state index >= 15 is 0 Å². The number of carbonyl (C=O) groups is 1. The maximum absolute atomic E-state index is 12.7. The van der Waals surface area contributed by atoms with Crippen LogP contribution in [0.2, 0.25) is 0 Å². The largest absolute Gasteiger partial charge is 0.462 e. The first-order valence-electron chi connectivity index (χ1n) is 10.9. The van der Waals surface area contributed by atoms with E-state index in [2.05, 4.69) is 12.1 Å². The smallest absolute Gasteiger partial charge is 0.338 e. The quantitative estimate of drug-likeness (QED) is 0.173. The van der Waals surface area contributed by atoms with E-state index in [9.17, 15) is 10.0 Å². The van der Waals surface area contributed by atoms with Crippen molar-refractivity contribution in [1.29, 1.82) is 0 Å². The summed E-state index contributed by atoms with van der Waals surface area (Å²) in [6, 6.07) is 13.2. The number of fused-ring (bicyclic) bond motifs is 3. The van der Waals surface area contributed by atoms with Crippen LogP contribution in [0.1, 0.15) is 86.2 Å². The fourth-order valence-electron chi connectivity index (χ4n) is 4.03. The summed E-state index contributed by atoms with van der Waals surface area (Å²) < 4.78 is 5.56. The maximum Gasteiger partial charge on any atom is 0.338 e. The number of esters is 1. The molecule has 4 nitrogen and oxygen atoms in total. The normalized spacial score (nSPS) is 13.3. The summed E-state index contributed by atoms with van der Waals surface area (Å²) in [5.74, 6) is -0.310. The summed E-state index contributed by atoms with van der Waals surface area (Å²) in [6.07, 6.45) is 11.1. The van der Waals surface area contributed by atoms with Crippen LogP contribution in [0.25, 0.3) is 11.1 Å². The molecular formula is C25H31NO3. The van der Waals surface area contributed by atoms with Gasteiger partial charge in [-0.2, -0.15) is 0 Å². The Morgan fingerprint density at radius 3 is 2.14 bits per heavy atom. The molecular weight excluding hydrogens is 362 g/mol. The summed E-state index contributed by atoms with van der Waals surface area (Å²) in [5.41, 5.74) is 4.35. The van der Waals surface area contributed by atoms with E-state index in [0.29, 0.717) is 17.9 Å². The molecule has 29 heavy (non-hydrogen) atoms. The van der Waals surface area contributed by atoms with Gasteiger partial charge in [-0.15, -0.1) is 0 Å². The molecule has 0 atom stereocenters. The number of rotatable bonds is 11. The molecule has 2 aromatic rings. The van der Waals surface area contributed by atoms with Gasteiger partial charge >= 0.3 is 5.97 Å². The molecule has 0 aromatic heterocycles. The van der Waals surface area contributed by atoms with E-state index in [-0.39, 0.29) is 5.97 Å². The first-order valence-corrected chi connectivity index (χ1v) is 10.9. The van der Waals surface area contributed by atoms with Gasteiger partial charge < -0.3 is 9.94 Å². The lowest BCUT2D eigenvalue weighted by molar-refractivity contribution is 0.0498. The molecule has 0 spiro atoms. The zero-order chi connectivity index (χ0) is 20.5. The SMILES string of the molecule is CCCCCCCCCCCOC(=O)c1cccc2c1-c1ccccc1/C2=N\O. The van der Waals surface area contributed by atoms with E-state index in [4.69, 9.17) is 4.74 Å². The summed E-state index contributed by atoms with van der Waals surface area (Å²) in [4.78, 5) is 12.7. The highest BCUT2D eigenvalue weighted by atomic mass is 16.5. The third-order valence-electron chi connectivity index (χ3n) is 5.57. The number of hydrogen-bond acceptors (Lipinski definition) is 4. The van der Waals surface area contributed by atoms with Gasteiger partial charge in [0.05, 0.1) is 12.2 Å². The van der Waals surface area contributed by atoms with Gasteiger partial charge in [-0.1, -0.05) is 99.8 Å². The Morgan fingerprint density at radius 2 is 1.45 bits per heavy atom. The minimum absolute atomic E-state index is 0.310. The first-order chi connectivity index (χ1) is 14.3. The van der Waals surface area contributed by atoms with Gasteiger partial charge in [0.2, 0.25) is 0 Å². The summed E-state index contributed by atoms with van der Waals surface area (Å²) in [5, 5.41) is 12.9. The predicted octanol–water partition coefficient (Wildman–Crippen LogP) is 6.58. The van der Waals surface area contributed by atoms with E-state index in [1.165, 1.54) is 44.9 Å². The number of ether oxygens (including phenoxy) is 1. The average molecular weight is 394 g/mol. The van der Waals surface area contributed by atoms with Gasteiger partial charge in [0.15, 0.2) is 0 Å². The molecule has 0 fully saturated rings. The number of unbranched alkanes of at least 4 members (excludes halogenated alkanes) is 8. The molecule has 1 aliphatic rings. The Kier molecular flexibility index (Phi) is 7.85. The lowest BCUT2D eigenvalue weighted by atomic mass is 9.99. The third-order valence-corrected chi connectivity index (χ3v) is 5.57. The van der Waals surface area contributed by atoms with Crippen LogP contribution in [-0.4, -0.2) is 23.5 Å². The van der Waals surface area contributed by atoms with Crippen LogP contribution in [-0.2, 0) is 4.74 Å². The van der Waals surface area contributed by atoms with Gasteiger partial charge in [-0.25, -0.2) is 4.79 Å². The minimum atomic E-state index is -0.310. The Labute approximate surface area is 173 Å². The standard InChI is InChI=1S/C25H31NO3/c1-2-3-4-5-6-7-8-9-12-18-29-25(27)22-17-13-16-21-23(22)19-14-10-11-15-20(19)24(21)26-28/h10-11,13-17,28H,2-9,12,18H2,1H3/b26-24+. The number of carbonyl (C=O) groups excluding carboxylic acids is 1. The molecule has 0 bridgehead atoms. The second-order valence-electron chi connectivity index (χ2n) is 7.69. The molecule has 0 unspecified atom stereocenters. The second kappa shape index (κ2) is 10.8. The lowest BCUT2D eigenvalue weighted by Gasteiger charge is -2.09. The zero-order valence-corrected chi connectivity index (χ0v) is 17.3. The van der Waals surface area contributed by atoms with Crippen molar-refractivity contribution in [3.63, 3.8) is 0 Å². The molecule has 0 amide bonds. The lowest BCUT2D eigenvalue weighted by Crippen LogP contribution is -2.08. The topological polar surface area (TPSA) is 58.9 Å². The van der Waals surface area contributed by atoms with Crippen LogP contribution in [0, 0.1) is 0 Å². The minimum Gasteiger partial charge on any atom is -0.462 e. The molecule has 1 N–H and O–H groups in total. The Bertz CT molecular complexity index is 857. The van der Waals surface area contributed by atoms with Crippen LogP contribution in [0.4, 0.5) is 0 Å². The van der Waals surface area contributed by atoms with E-state index < -0.39 is 0 Å². The number of nitrogens with zero attached hydrogens (tertiary/aromatic N) is 1. The van der Waals surface area contributed by atoms with Crippen LogP contribution in [0.3, 0.4) is 0 Å². The van der Waals surface area contributed by atoms with Crippen molar-refractivity contribution in [3.05, 3.63) is 59.2 Å². The summed E-state index contributed by atoms with van der Waals surface area (Å²) in [6.45, 7) is 2.68. The monoisotopic (exact) mass is 393 g/mol. The van der Waals surface area contributed by atoms with Crippen molar-refractivity contribution in [3.8, 4) is 11.1 Å². The Morgan fingerprint density at radius 1 is 0.828 bits per heavy atom. The molecule has 3 rings (SSSR count). The highest BCUT2D eigenvalue weighted by molar-refractivity contribution is 6.26.